The van der Waals surface area contributed by atoms with Crippen molar-refractivity contribution >= 4 is 29.2 Å². The normalized spacial score (nSPS) is 32.8. The van der Waals surface area contributed by atoms with Gasteiger partial charge in [-0.2, -0.15) is 0 Å². The van der Waals surface area contributed by atoms with Gasteiger partial charge in [0, 0.05) is 30.5 Å². The van der Waals surface area contributed by atoms with Crippen LogP contribution >= 0.6 is 12.2 Å². The number of benzene rings is 1. The van der Waals surface area contributed by atoms with Crippen molar-refractivity contribution in [3.8, 4) is 0 Å². The van der Waals surface area contributed by atoms with Crippen LogP contribution in [0.4, 0.5) is 0 Å². The molecule has 0 saturated carbocycles. The van der Waals surface area contributed by atoms with Gasteiger partial charge in [-0.1, -0.05) is 0 Å². The highest BCUT2D eigenvalue weighted by molar-refractivity contribution is 7.71. The molecule has 3 fully saturated rings. The van der Waals surface area contributed by atoms with E-state index in [1.54, 1.807) is 6.07 Å². The Morgan fingerprint density at radius 2 is 1.95 bits per heavy atom. The van der Waals surface area contributed by atoms with E-state index in [4.69, 9.17) is 21.4 Å². The van der Waals surface area contributed by atoms with Crippen molar-refractivity contribution in [2.24, 2.45) is 11.8 Å². The van der Waals surface area contributed by atoms with Gasteiger partial charge in [0.2, 0.25) is 0 Å². The quantitative estimate of drug-likeness (QED) is 0.822. The standard InChI is InChI=1S/C16H16N2O3S/c19-15(8-1-2-11-14(5-8)21-16(22)17-11)18-6-9-10(7-18)13-4-3-12(9)20-13/h1-2,5,9-10,12-13H,3-4,6-7H2,(H,17,22)/t9-,10-,12+,13+/m0/s1. The summed E-state index contributed by atoms with van der Waals surface area (Å²) in [5.41, 5.74) is 2.13. The molecule has 0 unspecified atom stereocenters. The number of aromatic amines is 1. The van der Waals surface area contributed by atoms with Gasteiger partial charge in [-0.05, 0) is 43.3 Å². The predicted molar refractivity (Wildman–Crippen MR) is 82.2 cm³/mol. The van der Waals surface area contributed by atoms with E-state index in [2.05, 4.69) is 4.98 Å². The molecule has 3 saturated heterocycles. The van der Waals surface area contributed by atoms with Crippen molar-refractivity contribution in [1.29, 1.82) is 0 Å². The summed E-state index contributed by atoms with van der Waals surface area (Å²) >= 11 is 4.98. The Morgan fingerprint density at radius 3 is 2.68 bits per heavy atom. The zero-order valence-electron chi connectivity index (χ0n) is 12.0. The Morgan fingerprint density at radius 1 is 1.23 bits per heavy atom. The second-order valence-electron chi connectivity index (χ2n) is 6.55. The minimum atomic E-state index is 0.0815. The number of likely N-dealkylation sites (tertiary alicyclic amines) is 1. The summed E-state index contributed by atoms with van der Waals surface area (Å²) in [6, 6.07) is 5.47. The molecule has 5 nitrogen and oxygen atoms in total. The molecule has 5 rings (SSSR count). The molecule has 1 aromatic heterocycles. The SMILES string of the molecule is O=C(c1ccc2[nH]c(=S)oc2c1)N1C[C@H]2[C@H](C1)[C@H]1CC[C@H]2O1. The highest BCUT2D eigenvalue weighted by atomic mass is 32.1. The molecule has 0 radical (unpaired) electrons. The lowest BCUT2D eigenvalue weighted by Gasteiger charge is -2.18. The summed E-state index contributed by atoms with van der Waals surface area (Å²) in [7, 11) is 0. The molecule has 1 aromatic carbocycles. The summed E-state index contributed by atoms with van der Waals surface area (Å²) in [6.07, 6.45) is 3.06. The molecule has 22 heavy (non-hydrogen) atoms. The molecule has 1 amide bonds. The van der Waals surface area contributed by atoms with E-state index in [0.29, 0.717) is 40.0 Å². The van der Waals surface area contributed by atoms with Crippen LogP contribution in [0, 0.1) is 16.7 Å². The van der Waals surface area contributed by atoms with E-state index in [0.717, 1.165) is 31.4 Å². The van der Waals surface area contributed by atoms with Crippen molar-refractivity contribution < 1.29 is 13.9 Å². The lowest BCUT2D eigenvalue weighted by Crippen LogP contribution is -2.31. The van der Waals surface area contributed by atoms with Crippen LogP contribution in [-0.2, 0) is 4.74 Å². The van der Waals surface area contributed by atoms with Crippen molar-refractivity contribution in [2.75, 3.05) is 13.1 Å². The largest absolute Gasteiger partial charge is 0.429 e. The lowest BCUT2D eigenvalue weighted by atomic mass is 9.82. The first-order valence-electron chi connectivity index (χ1n) is 7.76. The van der Waals surface area contributed by atoms with Crippen molar-refractivity contribution in [3.63, 3.8) is 0 Å². The van der Waals surface area contributed by atoms with Crippen LogP contribution in [0.25, 0.3) is 11.1 Å². The van der Waals surface area contributed by atoms with E-state index in [-0.39, 0.29) is 5.91 Å². The molecule has 3 aliphatic rings. The van der Waals surface area contributed by atoms with E-state index in [1.807, 2.05) is 17.0 Å². The van der Waals surface area contributed by atoms with E-state index in [1.165, 1.54) is 0 Å². The highest BCUT2D eigenvalue weighted by Crippen LogP contribution is 2.47. The molecule has 4 atom stereocenters. The average molecular weight is 316 g/mol. The number of carbonyl (C=O) groups is 1. The maximum Gasteiger partial charge on any atom is 0.266 e. The van der Waals surface area contributed by atoms with Crippen molar-refractivity contribution in [2.45, 2.75) is 25.0 Å². The molecular weight excluding hydrogens is 300 g/mol. The number of nitrogens with one attached hydrogen (secondary N) is 1. The fourth-order valence-electron chi connectivity index (χ4n) is 4.39. The fraction of sp³-hybridized carbons (Fsp3) is 0.500. The van der Waals surface area contributed by atoms with E-state index in [9.17, 15) is 4.79 Å². The van der Waals surface area contributed by atoms with E-state index >= 15 is 0 Å². The molecule has 2 aromatic rings. The number of H-pyrrole nitrogens is 1. The monoisotopic (exact) mass is 316 g/mol. The third-order valence-corrected chi connectivity index (χ3v) is 5.59. The van der Waals surface area contributed by atoms with Gasteiger partial charge in [-0.25, -0.2) is 0 Å². The predicted octanol–water partition coefficient (Wildman–Crippen LogP) is 2.74. The fourth-order valence-corrected chi connectivity index (χ4v) is 4.59. The maximum absolute atomic E-state index is 12.8. The summed E-state index contributed by atoms with van der Waals surface area (Å²) in [5, 5.41) is 0. The zero-order chi connectivity index (χ0) is 14.8. The smallest absolute Gasteiger partial charge is 0.266 e. The number of amides is 1. The number of aromatic nitrogens is 1. The number of ether oxygens (including phenoxy) is 1. The molecule has 2 bridgehead atoms. The summed E-state index contributed by atoms with van der Waals surface area (Å²) in [4.78, 5) is 18.0. The van der Waals surface area contributed by atoms with Gasteiger partial charge in [0.05, 0.1) is 17.7 Å². The number of nitrogens with zero attached hydrogens (tertiary/aromatic N) is 1. The summed E-state index contributed by atoms with van der Waals surface area (Å²) in [5.74, 6) is 1.14. The van der Waals surface area contributed by atoms with Crippen LogP contribution in [0.1, 0.15) is 23.2 Å². The third kappa shape index (κ3) is 1.74. The van der Waals surface area contributed by atoms with E-state index < -0.39 is 0 Å². The average Bonchev–Trinajstić information content (AvgIpc) is 3.25. The number of hydrogen-bond acceptors (Lipinski definition) is 4. The third-order valence-electron chi connectivity index (χ3n) is 5.41. The van der Waals surface area contributed by atoms with Gasteiger partial charge >= 0.3 is 0 Å². The summed E-state index contributed by atoms with van der Waals surface area (Å²) < 4.78 is 11.4. The van der Waals surface area contributed by atoms with Gasteiger partial charge in [-0.3, -0.25) is 4.79 Å². The van der Waals surface area contributed by atoms with Gasteiger partial charge in [0.1, 0.15) is 0 Å². The minimum absolute atomic E-state index is 0.0815. The highest BCUT2D eigenvalue weighted by Gasteiger charge is 2.53. The first kappa shape index (κ1) is 12.8. The minimum Gasteiger partial charge on any atom is -0.429 e. The Bertz CT molecular complexity index is 808. The Hall–Kier alpha value is -1.66. The molecular formula is C16H16N2O3S. The molecule has 0 aliphatic carbocycles. The number of oxazole rings is 1. The Labute approximate surface area is 132 Å². The van der Waals surface area contributed by atoms with Crippen LogP contribution in [0.2, 0.25) is 0 Å². The first-order valence-corrected chi connectivity index (χ1v) is 8.17. The Balaban J connectivity index is 1.43. The van der Waals surface area contributed by atoms with Gasteiger partial charge in [-0.15, -0.1) is 0 Å². The number of rotatable bonds is 1. The van der Waals surface area contributed by atoms with Crippen LogP contribution < -0.4 is 0 Å². The molecule has 1 N–H and O–H groups in total. The van der Waals surface area contributed by atoms with Crippen LogP contribution in [0.15, 0.2) is 22.6 Å². The zero-order valence-corrected chi connectivity index (χ0v) is 12.8. The van der Waals surface area contributed by atoms with Gasteiger partial charge in [0.15, 0.2) is 5.58 Å². The molecule has 3 aliphatic heterocycles. The van der Waals surface area contributed by atoms with Crippen LogP contribution in [0.5, 0.6) is 0 Å². The Kier molecular flexibility index (Phi) is 2.58. The summed E-state index contributed by atoms with van der Waals surface area (Å²) in [6.45, 7) is 1.64. The maximum atomic E-state index is 12.8. The second kappa shape index (κ2) is 4.43. The van der Waals surface area contributed by atoms with Gasteiger partial charge < -0.3 is 19.0 Å². The number of hydrogen-bond donors (Lipinski definition) is 1. The molecule has 114 valence electrons. The molecule has 6 heteroatoms. The van der Waals surface area contributed by atoms with Crippen LogP contribution in [-0.4, -0.2) is 41.1 Å². The molecule has 4 heterocycles. The van der Waals surface area contributed by atoms with Gasteiger partial charge in [0.25, 0.3) is 10.7 Å². The molecule has 0 spiro atoms. The number of fused-ring (bicyclic) bond motifs is 6. The second-order valence-corrected chi connectivity index (χ2v) is 6.92. The first-order chi connectivity index (χ1) is 10.7. The van der Waals surface area contributed by atoms with Crippen molar-refractivity contribution in [1.82, 2.24) is 9.88 Å². The number of carbonyl (C=O) groups excluding carboxylic acids is 1. The van der Waals surface area contributed by atoms with Crippen LogP contribution in [0.3, 0.4) is 0 Å². The topological polar surface area (TPSA) is 58.5 Å². The lowest BCUT2D eigenvalue weighted by molar-refractivity contribution is 0.0594. The van der Waals surface area contributed by atoms with Crippen molar-refractivity contribution in [3.05, 3.63) is 28.6 Å².